The Bertz CT molecular complexity index is 1080. The van der Waals surface area contributed by atoms with E-state index in [1.54, 1.807) is 30.0 Å². The van der Waals surface area contributed by atoms with Crippen molar-refractivity contribution >= 4 is 38.7 Å². The quantitative estimate of drug-likeness (QED) is 0.681. The van der Waals surface area contributed by atoms with E-state index in [2.05, 4.69) is 10.3 Å². The highest BCUT2D eigenvalue weighted by Gasteiger charge is 2.33. The van der Waals surface area contributed by atoms with Gasteiger partial charge in [0.1, 0.15) is 5.82 Å². The first-order valence-corrected chi connectivity index (χ1v) is 11.8. The summed E-state index contributed by atoms with van der Waals surface area (Å²) in [5.41, 5.74) is 1.04. The van der Waals surface area contributed by atoms with Crippen LogP contribution in [0.1, 0.15) is 35.3 Å². The van der Waals surface area contributed by atoms with Crippen LogP contribution < -0.4 is 10.2 Å². The number of carbonyl (C=O) groups is 1. The summed E-state index contributed by atoms with van der Waals surface area (Å²) in [6.07, 6.45) is 1.07. The highest BCUT2D eigenvalue weighted by Crippen LogP contribution is 2.32. The van der Waals surface area contributed by atoms with Crippen LogP contribution in [0, 0.1) is 11.7 Å². The van der Waals surface area contributed by atoms with Crippen molar-refractivity contribution in [3.05, 3.63) is 46.6 Å². The molecule has 10 heteroatoms. The summed E-state index contributed by atoms with van der Waals surface area (Å²) in [6, 6.07) is 7.72. The number of pyridine rings is 1. The number of benzene rings is 1. The van der Waals surface area contributed by atoms with Crippen LogP contribution in [0.5, 0.6) is 0 Å². The maximum Gasteiger partial charge on any atom is 0.259 e. The largest absolute Gasteiger partial charge is 0.356 e. The van der Waals surface area contributed by atoms with Gasteiger partial charge in [-0.15, -0.1) is 0 Å². The Morgan fingerprint density at radius 1 is 1.30 bits per heavy atom. The zero-order valence-corrected chi connectivity index (χ0v) is 18.2. The predicted molar refractivity (Wildman–Crippen MR) is 114 cm³/mol. The van der Waals surface area contributed by atoms with Gasteiger partial charge in [-0.3, -0.25) is 4.79 Å². The fraction of sp³-hybridized carbons (Fsp3) is 0.400. The molecule has 1 unspecified atom stereocenters. The molecule has 162 valence electrons. The van der Waals surface area contributed by atoms with Crippen LogP contribution in [-0.2, 0) is 9.73 Å². The lowest BCUT2D eigenvalue weighted by Crippen LogP contribution is -2.29. The number of amides is 1. The third-order valence-corrected chi connectivity index (χ3v) is 6.47. The minimum atomic E-state index is -2.94. The fourth-order valence-corrected chi connectivity index (χ4v) is 4.11. The summed E-state index contributed by atoms with van der Waals surface area (Å²) in [5, 5.41) is 3.00. The third kappa shape index (κ3) is 5.26. The van der Waals surface area contributed by atoms with Gasteiger partial charge >= 0.3 is 0 Å². The predicted octanol–water partition coefficient (Wildman–Crippen LogP) is 4.96. The van der Waals surface area contributed by atoms with E-state index in [0.29, 0.717) is 28.8 Å². The number of carbonyl (C=O) groups excluding carboxylic acids is 1. The molecular formula is C20H23ClF2N4O2S. The van der Waals surface area contributed by atoms with E-state index in [9.17, 15) is 17.8 Å². The Morgan fingerprint density at radius 2 is 2.03 bits per heavy atom. The second kappa shape index (κ2) is 8.47. The Hall–Kier alpha value is -2.26. The Morgan fingerprint density at radius 3 is 2.73 bits per heavy atom. The van der Waals surface area contributed by atoms with Gasteiger partial charge in [-0.05, 0) is 37.6 Å². The smallest absolute Gasteiger partial charge is 0.259 e. The van der Waals surface area contributed by atoms with Crippen molar-refractivity contribution in [1.82, 2.24) is 4.98 Å². The van der Waals surface area contributed by atoms with Crippen molar-refractivity contribution in [3.8, 4) is 0 Å². The molecule has 6 nitrogen and oxygen atoms in total. The van der Waals surface area contributed by atoms with Crippen molar-refractivity contribution in [2.24, 2.45) is 0 Å². The molecule has 1 aromatic carbocycles. The highest BCUT2D eigenvalue weighted by molar-refractivity contribution is 7.91. The monoisotopic (exact) mass is 456 g/mol. The van der Waals surface area contributed by atoms with Crippen molar-refractivity contribution in [2.75, 3.05) is 29.6 Å². The van der Waals surface area contributed by atoms with Gasteiger partial charge in [0.15, 0.2) is 0 Å². The van der Waals surface area contributed by atoms with Crippen LogP contribution >= 0.6 is 11.6 Å². The standard InChI is InChI=1S/C20H23ClF2N4O2S/c1-13-17(21)12-16(18(25-13)27-9-4-7-20(22,23)8-10-27)19(28)26-14-5-3-6-15(11-14)30(2,24)29/h3,5-6,11-12,24H,4,7-10H2,1-2H3,(H,26,28). The van der Waals surface area contributed by atoms with Gasteiger partial charge in [0.25, 0.3) is 5.91 Å². The lowest BCUT2D eigenvalue weighted by Gasteiger charge is -2.24. The molecule has 1 saturated heterocycles. The summed E-state index contributed by atoms with van der Waals surface area (Å²) in [4.78, 5) is 19.4. The minimum absolute atomic E-state index is 0.0770. The molecule has 1 amide bonds. The van der Waals surface area contributed by atoms with E-state index < -0.39 is 21.6 Å². The molecule has 0 aliphatic carbocycles. The molecule has 1 aliphatic heterocycles. The van der Waals surface area contributed by atoms with Gasteiger partial charge < -0.3 is 10.2 Å². The van der Waals surface area contributed by atoms with Crippen molar-refractivity contribution in [2.45, 2.75) is 37.0 Å². The molecule has 2 aromatic rings. The maximum atomic E-state index is 13.8. The number of hydrogen-bond donors (Lipinski definition) is 2. The van der Waals surface area contributed by atoms with Crippen LogP contribution in [0.15, 0.2) is 35.2 Å². The molecule has 0 saturated carbocycles. The number of hydrogen-bond acceptors (Lipinski definition) is 5. The second-order valence-corrected chi connectivity index (χ2v) is 10.0. The molecule has 30 heavy (non-hydrogen) atoms. The summed E-state index contributed by atoms with van der Waals surface area (Å²) >= 11 is 6.19. The van der Waals surface area contributed by atoms with Crippen molar-refractivity contribution < 1.29 is 17.8 Å². The molecule has 2 N–H and O–H groups in total. The average molecular weight is 457 g/mol. The normalized spacial score (nSPS) is 18.4. The van der Waals surface area contributed by atoms with Crippen LogP contribution in [0.4, 0.5) is 20.3 Å². The average Bonchev–Trinajstić information content (AvgIpc) is 2.83. The molecule has 1 atom stereocenters. The van der Waals surface area contributed by atoms with Gasteiger partial charge in [-0.25, -0.2) is 22.8 Å². The van der Waals surface area contributed by atoms with Gasteiger partial charge in [-0.1, -0.05) is 17.7 Å². The molecule has 0 bridgehead atoms. The van der Waals surface area contributed by atoms with E-state index in [0.717, 1.165) is 0 Å². The lowest BCUT2D eigenvalue weighted by molar-refractivity contribution is -0.0102. The SMILES string of the molecule is Cc1nc(N2CCCC(F)(F)CC2)c(C(=O)Nc2cccc(S(C)(=N)=O)c2)cc1Cl. The number of nitrogens with zero attached hydrogens (tertiary/aromatic N) is 2. The van der Waals surface area contributed by atoms with Gasteiger partial charge in [0.2, 0.25) is 5.92 Å². The topological polar surface area (TPSA) is 86.2 Å². The third-order valence-electron chi connectivity index (χ3n) is 4.94. The van der Waals surface area contributed by atoms with Crippen LogP contribution in [0.3, 0.4) is 0 Å². The summed E-state index contributed by atoms with van der Waals surface area (Å²) in [7, 11) is -2.94. The van der Waals surface area contributed by atoms with E-state index in [1.165, 1.54) is 18.4 Å². The van der Waals surface area contributed by atoms with Crippen LogP contribution in [-0.4, -0.2) is 40.4 Å². The first-order chi connectivity index (χ1) is 14.0. The lowest BCUT2D eigenvalue weighted by atomic mass is 10.1. The minimum Gasteiger partial charge on any atom is -0.356 e. The molecule has 0 radical (unpaired) electrons. The molecular weight excluding hydrogens is 434 g/mol. The summed E-state index contributed by atoms with van der Waals surface area (Å²) < 4.78 is 47.3. The molecule has 1 fully saturated rings. The number of nitrogens with one attached hydrogen (secondary N) is 2. The molecule has 0 spiro atoms. The first kappa shape index (κ1) is 22.4. The van der Waals surface area contributed by atoms with Gasteiger partial charge in [0.05, 0.1) is 26.0 Å². The zero-order valence-electron chi connectivity index (χ0n) is 16.7. The Balaban J connectivity index is 1.93. The number of aromatic nitrogens is 1. The molecule has 1 aliphatic rings. The number of alkyl halides is 2. The highest BCUT2D eigenvalue weighted by atomic mass is 35.5. The fourth-order valence-electron chi connectivity index (χ4n) is 3.27. The number of rotatable bonds is 4. The summed E-state index contributed by atoms with van der Waals surface area (Å²) in [5.74, 6) is -2.94. The molecule has 1 aromatic heterocycles. The van der Waals surface area contributed by atoms with Crippen molar-refractivity contribution in [1.29, 1.82) is 4.78 Å². The van der Waals surface area contributed by atoms with Gasteiger partial charge in [0, 0.05) is 42.8 Å². The maximum absolute atomic E-state index is 13.8. The number of anilines is 2. The van der Waals surface area contributed by atoms with Crippen LogP contribution in [0.25, 0.3) is 0 Å². The molecule has 3 rings (SSSR count). The first-order valence-electron chi connectivity index (χ1n) is 9.41. The second-order valence-electron chi connectivity index (χ2n) is 7.45. The molecule has 2 heterocycles. The number of halogens is 3. The van der Waals surface area contributed by atoms with E-state index >= 15 is 0 Å². The van der Waals surface area contributed by atoms with E-state index in [1.807, 2.05) is 0 Å². The van der Waals surface area contributed by atoms with E-state index in [-0.39, 0.29) is 36.3 Å². The summed E-state index contributed by atoms with van der Waals surface area (Å²) in [6.45, 7) is 2.12. The number of aryl methyl sites for hydroxylation is 1. The Labute approximate surface area is 179 Å². The Kier molecular flexibility index (Phi) is 6.33. The van der Waals surface area contributed by atoms with E-state index in [4.69, 9.17) is 16.4 Å². The van der Waals surface area contributed by atoms with Crippen molar-refractivity contribution in [3.63, 3.8) is 0 Å². The van der Waals surface area contributed by atoms with Gasteiger partial charge in [-0.2, -0.15) is 0 Å². The van der Waals surface area contributed by atoms with Crippen LogP contribution in [0.2, 0.25) is 5.02 Å². The zero-order chi connectivity index (χ0) is 22.1.